The monoisotopic (exact) mass is 396 g/mol. The smallest absolute Gasteiger partial charge is 0.270 e. The zero-order valence-electron chi connectivity index (χ0n) is 16.5. The summed E-state index contributed by atoms with van der Waals surface area (Å²) in [6, 6.07) is 12.3. The minimum Gasteiger partial charge on any atom is -0.497 e. The predicted octanol–water partition coefficient (Wildman–Crippen LogP) is 1.64. The van der Waals surface area contributed by atoms with Crippen LogP contribution in [-0.4, -0.2) is 65.8 Å². The van der Waals surface area contributed by atoms with E-state index >= 15 is 0 Å². The van der Waals surface area contributed by atoms with Crippen molar-refractivity contribution in [2.45, 2.75) is 6.54 Å². The van der Waals surface area contributed by atoms with Crippen LogP contribution in [0, 0.1) is 0 Å². The molecule has 0 spiro atoms. The number of fused-ring (bicyclic) bond motifs is 1. The Labute approximate surface area is 168 Å². The summed E-state index contributed by atoms with van der Waals surface area (Å²) in [6.07, 6.45) is 0.720. The number of nitrogens with one attached hydrogen (secondary N) is 2. The maximum atomic E-state index is 12.9. The van der Waals surface area contributed by atoms with Crippen LogP contribution in [-0.2, 0) is 11.3 Å². The summed E-state index contributed by atoms with van der Waals surface area (Å²) < 4.78 is 5.22. The predicted molar refractivity (Wildman–Crippen MR) is 110 cm³/mol. The van der Waals surface area contributed by atoms with Crippen LogP contribution >= 0.6 is 0 Å². The van der Waals surface area contributed by atoms with E-state index in [1.807, 2.05) is 36.2 Å². The molecule has 0 saturated heterocycles. The van der Waals surface area contributed by atoms with E-state index < -0.39 is 0 Å². The number of carbonyl (C=O) groups is 2. The topological polar surface area (TPSA) is 98.5 Å². The molecule has 0 unspecified atom stereocenters. The molecule has 2 aromatic heterocycles. The molecule has 152 valence electrons. The van der Waals surface area contributed by atoms with Gasteiger partial charge in [-0.1, -0.05) is 6.07 Å². The van der Waals surface area contributed by atoms with Crippen molar-refractivity contribution >= 4 is 23.1 Å². The average Bonchev–Trinajstić information content (AvgIpc) is 3.13. The van der Waals surface area contributed by atoms with E-state index in [0.29, 0.717) is 31.1 Å². The van der Waals surface area contributed by atoms with Gasteiger partial charge in [0.25, 0.3) is 5.91 Å². The van der Waals surface area contributed by atoms with Gasteiger partial charge in [0.05, 0.1) is 13.7 Å². The molecule has 0 radical (unpaired) electrons. The lowest BCUT2D eigenvalue weighted by Crippen LogP contribution is -2.38. The lowest BCUT2D eigenvalue weighted by atomic mass is 10.2. The highest BCUT2D eigenvalue weighted by atomic mass is 16.5. The standard InChI is InChI=1S/C21H24N4O4/c1-24(14-16-4-3-5-20(27)22-16)8-9-25(10-11-26)21(28)19-13-15-12-17(29-2)6-7-18(15)23-19/h3-7,11-13,23H,8-10,14H2,1-2H3,(H,22,27). The second-order valence-corrected chi connectivity index (χ2v) is 6.83. The summed E-state index contributed by atoms with van der Waals surface area (Å²) in [4.78, 5) is 44.8. The van der Waals surface area contributed by atoms with Crippen molar-refractivity contribution in [2.24, 2.45) is 0 Å². The van der Waals surface area contributed by atoms with Crippen molar-refractivity contribution in [1.82, 2.24) is 19.8 Å². The first kappa shape index (κ1) is 20.3. The number of aldehydes is 1. The van der Waals surface area contributed by atoms with E-state index in [0.717, 1.165) is 22.9 Å². The van der Waals surface area contributed by atoms with Gasteiger partial charge in [0, 0.05) is 42.3 Å². The Morgan fingerprint density at radius 3 is 2.69 bits per heavy atom. The first-order valence-corrected chi connectivity index (χ1v) is 9.26. The molecule has 3 rings (SSSR count). The van der Waals surface area contributed by atoms with Crippen molar-refractivity contribution in [3.8, 4) is 5.75 Å². The third-order valence-corrected chi connectivity index (χ3v) is 4.66. The molecule has 0 aliphatic carbocycles. The minimum absolute atomic E-state index is 0.00747. The first-order valence-electron chi connectivity index (χ1n) is 9.26. The molecular formula is C21H24N4O4. The first-order chi connectivity index (χ1) is 14.0. The van der Waals surface area contributed by atoms with E-state index in [9.17, 15) is 14.4 Å². The Morgan fingerprint density at radius 2 is 1.97 bits per heavy atom. The molecule has 1 aromatic carbocycles. The molecule has 8 heteroatoms. The van der Waals surface area contributed by atoms with E-state index in [1.54, 1.807) is 19.2 Å². The van der Waals surface area contributed by atoms with Crippen molar-refractivity contribution in [3.05, 3.63) is 64.2 Å². The molecule has 0 saturated carbocycles. The van der Waals surface area contributed by atoms with Crippen LogP contribution in [0.5, 0.6) is 5.75 Å². The molecular weight excluding hydrogens is 372 g/mol. The Bertz CT molecular complexity index is 1060. The van der Waals surface area contributed by atoms with E-state index in [1.165, 1.54) is 11.0 Å². The van der Waals surface area contributed by atoms with Crippen LogP contribution in [0.1, 0.15) is 16.2 Å². The highest BCUT2D eigenvalue weighted by molar-refractivity contribution is 5.98. The normalized spacial score (nSPS) is 11.0. The number of hydrogen-bond acceptors (Lipinski definition) is 5. The van der Waals surface area contributed by atoms with Crippen LogP contribution in [0.15, 0.2) is 47.3 Å². The van der Waals surface area contributed by atoms with Gasteiger partial charge in [0.1, 0.15) is 17.7 Å². The van der Waals surface area contributed by atoms with Crippen LogP contribution in [0.3, 0.4) is 0 Å². The highest BCUT2D eigenvalue weighted by Gasteiger charge is 2.18. The number of aromatic nitrogens is 2. The average molecular weight is 396 g/mol. The SMILES string of the molecule is COc1ccc2[nH]c(C(=O)N(CC=O)CCN(C)Cc3cccc(=O)[nH]3)cc2c1. The summed E-state index contributed by atoms with van der Waals surface area (Å²) in [7, 11) is 3.48. The zero-order valence-corrected chi connectivity index (χ0v) is 16.5. The number of H-pyrrole nitrogens is 2. The maximum Gasteiger partial charge on any atom is 0.270 e. The summed E-state index contributed by atoms with van der Waals surface area (Å²) >= 11 is 0. The van der Waals surface area contributed by atoms with Crippen molar-refractivity contribution in [3.63, 3.8) is 0 Å². The Balaban J connectivity index is 1.67. The third-order valence-electron chi connectivity index (χ3n) is 4.66. The molecule has 3 aromatic rings. The highest BCUT2D eigenvalue weighted by Crippen LogP contribution is 2.22. The second-order valence-electron chi connectivity index (χ2n) is 6.83. The molecule has 0 bridgehead atoms. The number of carbonyl (C=O) groups excluding carboxylic acids is 2. The van der Waals surface area contributed by atoms with Crippen molar-refractivity contribution in [2.75, 3.05) is 33.8 Å². The van der Waals surface area contributed by atoms with Crippen LogP contribution in [0.4, 0.5) is 0 Å². The molecule has 8 nitrogen and oxygen atoms in total. The van der Waals surface area contributed by atoms with Gasteiger partial charge in [0.15, 0.2) is 0 Å². The van der Waals surface area contributed by atoms with Gasteiger partial charge < -0.3 is 24.4 Å². The molecule has 0 atom stereocenters. The van der Waals surface area contributed by atoms with Gasteiger partial charge in [-0.25, -0.2) is 0 Å². The van der Waals surface area contributed by atoms with E-state index in [4.69, 9.17) is 4.74 Å². The minimum atomic E-state index is -0.242. The van der Waals surface area contributed by atoms with Gasteiger partial charge in [0.2, 0.25) is 5.56 Å². The molecule has 29 heavy (non-hydrogen) atoms. The summed E-state index contributed by atoms with van der Waals surface area (Å²) in [5, 5.41) is 0.865. The van der Waals surface area contributed by atoms with Gasteiger partial charge in [-0.05, 0) is 37.4 Å². The van der Waals surface area contributed by atoms with Crippen LogP contribution in [0.25, 0.3) is 10.9 Å². The fraction of sp³-hybridized carbons (Fsp3) is 0.286. The number of pyridine rings is 1. The quantitative estimate of drug-likeness (QED) is 0.536. The molecule has 0 aliphatic heterocycles. The molecule has 0 fully saturated rings. The van der Waals surface area contributed by atoms with Crippen molar-refractivity contribution in [1.29, 1.82) is 0 Å². The Kier molecular flexibility index (Phi) is 6.46. The van der Waals surface area contributed by atoms with Gasteiger partial charge in [-0.15, -0.1) is 0 Å². The number of ether oxygens (including phenoxy) is 1. The van der Waals surface area contributed by atoms with Gasteiger partial charge in [-0.2, -0.15) is 0 Å². The number of likely N-dealkylation sites (N-methyl/N-ethyl adjacent to an activating group) is 1. The van der Waals surface area contributed by atoms with Crippen LogP contribution in [0.2, 0.25) is 0 Å². The number of nitrogens with zero attached hydrogens (tertiary/aromatic N) is 2. The van der Waals surface area contributed by atoms with Gasteiger partial charge in [-0.3, -0.25) is 14.5 Å². The molecule has 0 aliphatic rings. The largest absolute Gasteiger partial charge is 0.497 e. The van der Waals surface area contributed by atoms with Crippen LogP contribution < -0.4 is 10.3 Å². The number of rotatable bonds is 9. The number of amides is 1. The Morgan fingerprint density at radius 1 is 1.14 bits per heavy atom. The number of benzene rings is 1. The summed E-state index contributed by atoms with van der Waals surface area (Å²) in [6.45, 7) is 1.47. The lowest BCUT2D eigenvalue weighted by molar-refractivity contribution is -0.108. The fourth-order valence-electron chi connectivity index (χ4n) is 3.14. The molecule has 2 N–H and O–H groups in total. The maximum absolute atomic E-state index is 12.9. The number of aromatic amines is 2. The summed E-state index contributed by atoms with van der Waals surface area (Å²) in [5.41, 5.74) is 1.89. The molecule has 2 heterocycles. The van der Waals surface area contributed by atoms with E-state index in [2.05, 4.69) is 9.97 Å². The van der Waals surface area contributed by atoms with E-state index in [-0.39, 0.29) is 18.0 Å². The van der Waals surface area contributed by atoms with Gasteiger partial charge >= 0.3 is 0 Å². The fourth-order valence-corrected chi connectivity index (χ4v) is 3.14. The third kappa shape index (κ3) is 5.11. The Hall–Kier alpha value is -3.39. The second kappa shape index (κ2) is 9.20. The number of methoxy groups -OCH3 is 1. The zero-order chi connectivity index (χ0) is 20.8. The lowest BCUT2D eigenvalue weighted by Gasteiger charge is -2.23. The molecule has 1 amide bonds. The van der Waals surface area contributed by atoms with Crippen molar-refractivity contribution < 1.29 is 14.3 Å². The number of hydrogen-bond donors (Lipinski definition) is 2. The summed E-state index contributed by atoms with van der Waals surface area (Å²) in [5.74, 6) is 0.467.